The average Bonchev–Trinajstić information content (AvgIpc) is 3.74. The molecule has 0 amide bonds. The lowest BCUT2D eigenvalue weighted by molar-refractivity contribution is 0.519. The molecule has 0 bridgehead atoms. The second kappa shape index (κ2) is 10.9. The molecule has 0 spiro atoms. The molecule has 1 aliphatic carbocycles. The highest BCUT2D eigenvalue weighted by atomic mass is 16.3. The maximum Gasteiger partial charge on any atom is 0.141 e. The summed E-state index contributed by atoms with van der Waals surface area (Å²) in [5.74, 6) is 1.90. The van der Waals surface area contributed by atoms with Gasteiger partial charge in [0, 0.05) is 40.8 Å². The fourth-order valence-electron chi connectivity index (χ4n) is 8.23. The van der Waals surface area contributed by atoms with E-state index in [9.17, 15) is 0 Å². The smallest absolute Gasteiger partial charge is 0.141 e. The van der Waals surface area contributed by atoms with Crippen molar-refractivity contribution in [3.8, 4) is 0 Å². The Morgan fingerprint density at radius 3 is 2.08 bits per heavy atom. The number of nitrogens with one attached hydrogen (secondary N) is 1. The second-order valence-electron chi connectivity index (χ2n) is 13.6. The van der Waals surface area contributed by atoms with E-state index in [1.807, 2.05) is 31.3 Å². The van der Waals surface area contributed by atoms with Gasteiger partial charge in [-0.3, -0.25) is 4.99 Å². The van der Waals surface area contributed by atoms with Gasteiger partial charge in [0.2, 0.25) is 0 Å². The molecule has 1 unspecified atom stereocenters. The van der Waals surface area contributed by atoms with Crippen LogP contribution in [0.5, 0.6) is 0 Å². The number of nitrogens with zero attached hydrogens (tertiary/aromatic N) is 1. The maximum atomic E-state index is 6.68. The molecule has 0 radical (unpaired) electrons. The van der Waals surface area contributed by atoms with Crippen LogP contribution in [-0.2, 0) is 12.0 Å². The van der Waals surface area contributed by atoms with Crippen LogP contribution in [0, 0.1) is 0 Å². The highest BCUT2D eigenvalue weighted by Crippen LogP contribution is 2.41. The minimum Gasteiger partial charge on any atom is -0.460 e. The number of hydrogen-bond donors (Lipinski definition) is 1. The quantitative estimate of drug-likeness (QED) is 0.118. The molecule has 1 aliphatic rings. The Morgan fingerprint density at radius 1 is 0.600 bits per heavy atom. The van der Waals surface area contributed by atoms with Gasteiger partial charge in [-0.15, -0.1) is 0 Å². The number of hydrogen-bond acceptors (Lipinski definition) is 3. The fourth-order valence-corrected chi connectivity index (χ4v) is 8.23. The first-order valence-corrected chi connectivity index (χ1v) is 17.3. The molecule has 4 nitrogen and oxygen atoms in total. The van der Waals surface area contributed by atoms with Crippen LogP contribution >= 0.6 is 0 Å². The van der Waals surface area contributed by atoms with Crippen molar-refractivity contribution >= 4 is 77.1 Å². The first-order valence-electron chi connectivity index (χ1n) is 17.3. The Hall–Kier alpha value is -6.13. The molecule has 1 atom stereocenters. The third kappa shape index (κ3) is 4.28. The molecule has 0 fully saturated rings. The summed E-state index contributed by atoms with van der Waals surface area (Å²) in [5, 5.41) is 14.8. The Kier molecular flexibility index (Phi) is 6.31. The predicted octanol–water partition coefficient (Wildman–Crippen LogP) is 11.7. The van der Waals surface area contributed by atoms with Crippen molar-refractivity contribution < 1.29 is 8.83 Å². The normalized spacial score (nSPS) is 14.8. The number of aliphatic imine (C=N–C) groups is 1. The maximum absolute atomic E-state index is 6.68. The molecule has 0 saturated carbocycles. The minimum atomic E-state index is -0.700. The molecule has 0 aliphatic heterocycles. The summed E-state index contributed by atoms with van der Waals surface area (Å²) >= 11 is 0. The topological polar surface area (TPSA) is 50.7 Å². The van der Waals surface area contributed by atoms with E-state index in [1.165, 1.54) is 32.3 Å². The Morgan fingerprint density at radius 2 is 1.26 bits per heavy atom. The van der Waals surface area contributed by atoms with E-state index in [0.29, 0.717) is 0 Å². The summed E-state index contributed by atoms with van der Waals surface area (Å²) in [6, 6.07) is 47.6. The van der Waals surface area contributed by atoms with Crippen LogP contribution in [0.4, 0.5) is 0 Å². The van der Waals surface area contributed by atoms with Crippen molar-refractivity contribution in [2.45, 2.75) is 25.3 Å². The highest BCUT2D eigenvalue weighted by Gasteiger charge is 2.35. The SMILES string of the molecule is CN=C(NC(C)(c1ccc2c(ccc3c4ccccc4ccc23)c1)c1cccc2c1oc1ccccc12)C1=Cc2c(oc3ccccc23)CC1. The summed E-state index contributed by atoms with van der Waals surface area (Å²) in [5.41, 5.74) is 6.49. The second-order valence-corrected chi connectivity index (χ2v) is 13.6. The van der Waals surface area contributed by atoms with Gasteiger partial charge in [0.05, 0.1) is 5.54 Å². The van der Waals surface area contributed by atoms with Crippen LogP contribution in [0.3, 0.4) is 0 Å². The van der Waals surface area contributed by atoms with Crippen LogP contribution < -0.4 is 5.32 Å². The third-order valence-corrected chi connectivity index (χ3v) is 10.8. The van der Waals surface area contributed by atoms with Gasteiger partial charge in [-0.2, -0.15) is 0 Å². The van der Waals surface area contributed by atoms with Crippen molar-refractivity contribution in [3.63, 3.8) is 0 Å². The molecule has 1 N–H and O–H groups in total. The summed E-state index contributed by atoms with van der Waals surface area (Å²) in [6.45, 7) is 2.26. The van der Waals surface area contributed by atoms with E-state index in [1.54, 1.807) is 0 Å². The molecule has 240 valence electrons. The van der Waals surface area contributed by atoms with E-state index in [0.717, 1.165) is 79.6 Å². The number of fused-ring (bicyclic) bond motifs is 11. The standard InChI is InChI=1S/C46H34N2O2/c1-46(40-15-9-14-38-36-12-5-8-17-42(36)50-44(38)40,48-45(47-2)30-20-25-43-39(27-30)37-13-6-7-16-41(37)49-43)31-21-24-33-29(26-31)19-23-34-32-11-4-3-10-28(32)18-22-35(33)34/h3-19,21-24,26-27H,20,25H2,1-2H3,(H,47,48). The van der Waals surface area contributed by atoms with E-state index < -0.39 is 5.54 Å². The molecule has 0 saturated heterocycles. The third-order valence-electron chi connectivity index (χ3n) is 10.8. The number of amidine groups is 1. The lowest BCUT2D eigenvalue weighted by atomic mass is 9.81. The van der Waals surface area contributed by atoms with Crippen LogP contribution in [0.1, 0.15) is 35.8 Å². The van der Waals surface area contributed by atoms with Gasteiger partial charge in [-0.25, -0.2) is 0 Å². The zero-order valence-electron chi connectivity index (χ0n) is 28.0. The summed E-state index contributed by atoms with van der Waals surface area (Å²) < 4.78 is 12.9. The molecule has 4 heteroatoms. The minimum absolute atomic E-state index is 0.700. The first kappa shape index (κ1) is 28.8. The predicted molar refractivity (Wildman–Crippen MR) is 208 cm³/mol. The summed E-state index contributed by atoms with van der Waals surface area (Å²) in [6.07, 6.45) is 3.91. The van der Waals surface area contributed by atoms with Gasteiger partial charge in [0.25, 0.3) is 0 Å². The highest BCUT2D eigenvalue weighted by molar-refractivity contribution is 6.17. The largest absolute Gasteiger partial charge is 0.460 e. The zero-order valence-corrected chi connectivity index (χ0v) is 28.0. The van der Waals surface area contributed by atoms with Crippen LogP contribution in [0.2, 0.25) is 0 Å². The molecule has 50 heavy (non-hydrogen) atoms. The van der Waals surface area contributed by atoms with Crippen LogP contribution in [-0.4, -0.2) is 12.9 Å². The van der Waals surface area contributed by atoms with Gasteiger partial charge >= 0.3 is 0 Å². The number of rotatable bonds is 4. The summed E-state index contributed by atoms with van der Waals surface area (Å²) in [7, 11) is 1.88. The number of furan rings is 2. The van der Waals surface area contributed by atoms with Gasteiger partial charge in [0.15, 0.2) is 0 Å². The van der Waals surface area contributed by atoms with Gasteiger partial charge < -0.3 is 14.2 Å². The molecule has 9 aromatic rings. The number of aryl methyl sites for hydroxylation is 1. The van der Waals surface area contributed by atoms with Crippen LogP contribution in [0.15, 0.2) is 153 Å². The van der Waals surface area contributed by atoms with E-state index in [-0.39, 0.29) is 0 Å². The van der Waals surface area contributed by atoms with E-state index in [2.05, 4.69) is 128 Å². The Bertz CT molecular complexity index is 2890. The Labute approximate surface area is 289 Å². The van der Waals surface area contributed by atoms with Gasteiger partial charge in [-0.1, -0.05) is 115 Å². The lowest BCUT2D eigenvalue weighted by Crippen LogP contribution is -2.45. The zero-order chi connectivity index (χ0) is 33.4. The number of para-hydroxylation sites is 3. The van der Waals surface area contributed by atoms with E-state index >= 15 is 0 Å². The van der Waals surface area contributed by atoms with Crippen molar-refractivity contribution in [2.75, 3.05) is 7.05 Å². The van der Waals surface area contributed by atoms with Crippen molar-refractivity contribution in [1.29, 1.82) is 0 Å². The first-order chi connectivity index (χ1) is 24.6. The van der Waals surface area contributed by atoms with Crippen molar-refractivity contribution in [3.05, 3.63) is 161 Å². The van der Waals surface area contributed by atoms with Crippen molar-refractivity contribution in [1.82, 2.24) is 5.32 Å². The average molecular weight is 647 g/mol. The molecular formula is C46H34N2O2. The van der Waals surface area contributed by atoms with Crippen molar-refractivity contribution in [2.24, 2.45) is 4.99 Å². The fraction of sp³-hybridized carbons (Fsp3) is 0.109. The lowest BCUT2D eigenvalue weighted by Gasteiger charge is -2.35. The molecule has 7 aromatic carbocycles. The molecule has 2 heterocycles. The monoisotopic (exact) mass is 646 g/mol. The molecule has 10 rings (SSSR count). The van der Waals surface area contributed by atoms with E-state index in [4.69, 9.17) is 13.8 Å². The Balaban J connectivity index is 1.17. The van der Waals surface area contributed by atoms with Crippen LogP contribution in [0.25, 0.3) is 71.3 Å². The van der Waals surface area contributed by atoms with Gasteiger partial charge in [0.1, 0.15) is 28.3 Å². The molecular weight excluding hydrogens is 613 g/mol. The van der Waals surface area contributed by atoms with Gasteiger partial charge in [-0.05, 0) is 81.1 Å². The summed E-state index contributed by atoms with van der Waals surface area (Å²) in [4.78, 5) is 4.92. The molecule has 2 aromatic heterocycles. The number of benzene rings is 7.